The van der Waals surface area contributed by atoms with Crippen molar-refractivity contribution in [1.29, 1.82) is 0 Å². The Morgan fingerprint density at radius 3 is 3.05 bits per heavy atom. The van der Waals surface area contributed by atoms with Gasteiger partial charge in [-0.1, -0.05) is 0 Å². The Labute approximate surface area is 113 Å². The summed E-state index contributed by atoms with van der Waals surface area (Å²) in [5, 5.41) is 3.49. The average molecular weight is 256 g/mol. The van der Waals surface area contributed by atoms with Crippen LogP contribution in [0, 0.1) is 5.92 Å². The summed E-state index contributed by atoms with van der Waals surface area (Å²) in [4.78, 5) is 8.53. The predicted molar refractivity (Wildman–Crippen MR) is 75.8 cm³/mol. The van der Waals surface area contributed by atoms with Crippen molar-refractivity contribution in [2.24, 2.45) is 5.92 Å². The number of nitrogens with zero attached hydrogens (tertiary/aromatic N) is 3. The molecule has 2 atom stereocenters. The fourth-order valence-corrected chi connectivity index (χ4v) is 2.88. The number of pyridine rings is 1. The summed E-state index contributed by atoms with van der Waals surface area (Å²) in [5.41, 5.74) is 2.29. The lowest BCUT2D eigenvalue weighted by Crippen LogP contribution is -2.34. The van der Waals surface area contributed by atoms with E-state index in [0.717, 1.165) is 24.3 Å². The molecule has 0 amide bonds. The first-order valence-corrected chi connectivity index (χ1v) is 6.99. The lowest BCUT2D eigenvalue weighted by molar-refractivity contribution is 0.281. The van der Waals surface area contributed by atoms with Gasteiger partial charge in [-0.15, -0.1) is 0 Å². The minimum absolute atomic E-state index is 0.463. The lowest BCUT2D eigenvalue weighted by atomic mass is 9.92. The zero-order chi connectivity index (χ0) is 13.1. The van der Waals surface area contributed by atoms with Crippen LogP contribution in [0.3, 0.4) is 0 Å². The third-order valence-electron chi connectivity index (χ3n) is 4.08. The maximum atomic E-state index is 4.33. The molecule has 0 aliphatic carbocycles. The molecular weight excluding hydrogens is 236 g/mol. The first-order chi connectivity index (χ1) is 9.36. The van der Waals surface area contributed by atoms with Crippen LogP contribution in [-0.2, 0) is 0 Å². The number of nitrogens with one attached hydrogen (secondary N) is 1. The largest absolute Gasteiger partial charge is 0.327 e. The second-order valence-electron chi connectivity index (χ2n) is 5.27. The Bertz CT molecular complexity index is 514. The minimum Gasteiger partial charge on any atom is -0.327 e. The van der Waals surface area contributed by atoms with E-state index in [1.807, 2.05) is 24.8 Å². The van der Waals surface area contributed by atoms with Crippen LogP contribution in [-0.4, -0.2) is 27.6 Å². The maximum absolute atomic E-state index is 4.33. The third-order valence-corrected chi connectivity index (χ3v) is 4.08. The Morgan fingerprint density at radius 2 is 2.32 bits per heavy atom. The van der Waals surface area contributed by atoms with E-state index in [2.05, 4.69) is 32.8 Å². The van der Waals surface area contributed by atoms with Gasteiger partial charge in [-0.2, -0.15) is 0 Å². The summed E-state index contributed by atoms with van der Waals surface area (Å²) in [6, 6.07) is 4.52. The van der Waals surface area contributed by atoms with Crippen molar-refractivity contribution >= 4 is 0 Å². The molecule has 3 rings (SSSR count). The van der Waals surface area contributed by atoms with E-state index in [4.69, 9.17) is 0 Å². The Hall–Kier alpha value is -1.68. The summed E-state index contributed by atoms with van der Waals surface area (Å²) in [6.07, 6.45) is 10.1. The number of imidazole rings is 1. The molecule has 4 nitrogen and oxygen atoms in total. The molecule has 2 aromatic rings. The summed E-state index contributed by atoms with van der Waals surface area (Å²) in [6.45, 7) is 4.55. The normalized spacial score (nSPS) is 21.2. The molecule has 4 heteroatoms. The van der Waals surface area contributed by atoms with Crippen LogP contribution in [0.4, 0.5) is 0 Å². The van der Waals surface area contributed by atoms with Crippen molar-refractivity contribution in [2.45, 2.75) is 25.8 Å². The number of hydrogen-bond acceptors (Lipinski definition) is 3. The van der Waals surface area contributed by atoms with E-state index in [0.29, 0.717) is 12.0 Å². The molecule has 2 aromatic heterocycles. The van der Waals surface area contributed by atoms with Gasteiger partial charge in [0, 0.05) is 24.0 Å². The minimum atomic E-state index is 0.463. The van der Waals surface area contributed by atoms with Gasteiger partial charge >= 0.3 is 0 Å². The molecule has 1 aliphatic heterocycles. The standard InChI is InChI=1S/C15H20N4/c1-12(13-4-2-6-16-8-13)19-11-18-10-15(19)14-5-3-7-17-9-14/h3,5,7,9-13,16H,2,4,6,8H2,1H3. The summed E-state index contributed by atoms with van der Waals surface area (Å²) < 4.78 is 2.29. The molecule has 0 bridgehead atoms. The molecule has 1 saturated heterocycles. The molecular formula is C15H20N4. The highest BCUT2D eigenvalue weighted by Gasteiger charge is 2.22. The molecule has 0 saturated carbocycles. The zero-order valence-corrected chi connectivity index (χ0v) is 11.3. The third kappa shape index (κ3) is 2.54. The van der Waals surface area contributed by atoms with E-state index < -0.39 is 0 Å². The van der Waals surface area contributed by atoms with E-state index in [1.165, 1.54) is 12.8 Å². The summed E-state index contributed by atoms with van der Waals surface area (Å²) in [7, 11) is 0. The average Bonchev–Trinajstić information content (AvgIpc) is 2.98. The van der Waals surface area contributed by atoms with Crippen LogP contribution < -0.4 is 5.32 Å². The first-order valence-electron chi connectivity index (χ1n) is 6.99. The molecule has 0 radical (unpaired) electrons. The molecule has 3 heterocycles. The van der Waals surface area contributed by atoms with Crippen LogP contribution in [0.15, 0.2) is 37.1 Å². The number of aromatic nitrogens is 3. The predicted octanol–water partition coefficient (Wildman–Crippen LogP) is 2.51. The number of piperidine rings is 1. The highest BCUT2D eigenvalue weighted by Crippen LogP contribution is 2.29. The molecule has 0 spiro atoms. The monoisotopic (exact) mass is 256 g/mol. The van der Waals surface area contributed by atoms with E-state index in [1.54, 1.807) is 6.20 Å². The van der Waals surface area contributed by atoms with Gasteiger partial charge in [0.1, 0.15) is 0 Å². The van der Waals surface area contributed by atoms with Gasteiger partial charge in [0.25, 0.3) is 0 Å². The molecule has 19 heavy (non-hydrogen) atoms. The molecule has 1 N–H and O–H groups in total. The fraction of sp³-hybridized carbons (Fsp3) is 0.467. The van der Waals surface area contributed by atoms with Crippen molar-refractivity contribution in [3.05, 3.63) is 37.1 Å². The van der Waals surface area contributed by atoms with Crippen molar-refractivity contribution in [1.82, 2.24) is 19.9 Å². The van der Waals surface area contributed by atoms with Gasteiger partial charge in [-0.3, -0.25) is 4.98 Å². The lowest BCUT2D eigenvalue weighted by Gasteiger charge is -2.30. The van der Waals surface area contributed by atoms with E-state index in [9.17, 15) is 0 Å². The fourth-order valence-electron chi connectivity index (χ4n) is 2.88. The Kier molecular flexibility index (Phi) is 3.60. The quantitative estimate of drug-likeness (QED) is 0.917. The molecule has 0 aromatic carbocycles. The van der Waals surface area contributed by atoms with Gasteiger partial charge < -0.3 is 9.88 Å². The van der Waals surface area contributed by atoms with Crippen molar-refractivity contribution in [2.75, 3.05) is 13.1 Å². The molecule has 1 aliphatic rings. The van der Waals surface area contributed by atoms with E-state index in [-0.39, 0.29) is 0 Å². The van der Waals surface area contributed by atoms with E-state index >= 15 is 0 Å². The molecule has 100 valence electrons. The maximum Gasteiger partial charge on any atom is 0.0953 e. The zero-order valence-electron chi connectivity index (χ0n) is 11.3. The topological polar surface area (TPSA) is 42.7 Å². The second-order valence-corrected chi connectivity index (χ2v) is 5.27. The SMILES string of the molecule is CC(C1CCCNC1)n1cncc1-c1cccnc1. The van der Waals surface area contributed by atoms with Crippen molar-refractivity contribution in [3.8, 4) is 11.3 Å². The van der Waals surface area contributed by atoms with Crippen LogP contribution in [0.1, 0.15) is 25.8 Å². The highest BCUT2D eigenvalue weighted by molar-refractivity contribution is 5.57. The van der Waals surface area contributed by atoms with Gasteiger partial charge in [0.2, 0.25) is 0 Å². The molecule has 2 unspecified atom stereocenters. The van der Waals surface area contributed by atoms with Gasteiger partial charge in [-0.25, -0.2) is 4.98 Å². The molecule has 1 fully saturated rings. The van der Waals surface area contributed by atoms with Crippen LogP contribution >= 0.6 is 0 Å². The van der Waals surface area contributed by atoms with Crippen molar-refractivity contribution < 1.29 is 0 Å². The number of hydrogen-bond donors (Lipinski definition) is 1. The van der Waals surface area contributed by atoms with Crippen LogP contribution in [0.5, 0.6) is 0 Å². The van der Waals surface area contributed by atoms with Gasteiger partial charge in [0.15, 0.2) is 0 Å². The van der Waals surface area contributed by atoms with Crippen LogP contribution in [0.2, 0.25) is 0 Å². The Morgan fingerprint density at radius 1 is 1.37 bits per heavy atom. The smallest absolute Gasteiger partial charge is 0.0953 e. The number of rotatable bonds is 3. The second kappa shape index (κ2) is 5.53. The van der Waals surface area contributed by atoms with Gasteiger partial charge in [-0.05, 0) is 50.9 Å². The summed E-state index contributed by atoms with van der Waals surface area (Å²) in [5.74, 6) is 0.679. The summed E-state index contributed by atoms with van der Waals surface area (Å²) >= 11 is 0. The highest BCUT2D eigenvalue weighted by atomic mass is 15.1. The first kappa shape index (κ1) is 12.4. The van der Waals surface area contributed by atoms with Gasteiger partial charge in [0.05, 0.1) is 18.2 Å². The van der Waals surface area contributed by atoms with Crippen LogP contribution in [0.25, 0.3) is 11.3 Å². The van der Waals surface area contributed by atoms with Crippen molar-refractivity contribution in [3.63, 3.8) is 0 Å². The Balaban J connectivity index is 1.87.